The van der Waals surface area contributed by atoms with Crippen LogP contribution in [0.2, 0.25) is 0 Å². The Morgan fingerprint density at radius 1 is 1.32 bits per heavy atom. The van der Waals surface area contributed by atoms with Crippen molar-refractivity contribution >= 4 is 0 Å². The average Bonchev–Trinajstić information content (AvgIpc) is 2.92. The lowest BCUT2D eigenvalue weighted by Gasteiger charge is -2.10. The van der Waals surface area contributed by atoms with Crippen molar-refractivity contribution in [1.29, 1.82) is 0 Å². The number of aromatic nitrogens is 3. The minimum atomic E-state index is -0.0666. The second-order valence-electron chi connectivity index (χ2n) is 5.19. The molecule has 1 aliphatic carbocycles. The Morgan fingerprint density at radius 3 is 2.84 bits per heavy atom. The van der Waals surface area contributed by atoms with Crippen molar-refractivity contribution in [2.24, 2.45) is 0 Å². The zero-order valence-corrected chi connectivity index (χ0v) is 11.0. The van der Waals surface area contributed by atoms with E-state index in [0.717, 1.165) is 29.7 Å². The van der Waals surface area contributed by atoms with E-state index >= 15 is 0 Å². The molecule has 0 unspecified atom stereocenters. The second-order valence-corrected chi connectivity index (χ2v) is 5.19. The van der Waals surface area contributed by atoms with Crippen LogP contribution < -0.4 is 5.56 Å². The SMILES string of the molecule is Cc1cnccc1-c1nc(C2CCCC2)cc(=O)[nH]1. The first kappa shape index (κ1) is 12.1. The van der Waals surface area contributed by atoms with Gasteiger partial charge in [-0.2, -0.15) is 0 Å². The molecule has 98 valence electrons. The van der Waals surface area contributed by atoms with Gasteiger partial charge < -0.3 is 4.98 Å². The van der Waals surface area contributed by atoms with Gasteiger partial charge in [-0.25, -0.2) is 4.98 Å². The molecule has 0 spiro atoms. The third kappa shape index (κ3) is 2.43. The van der Waals surface area contributed by atoms with Crippen LogP contribution in [-0.4, -0.2) is 15.0 Å². The largest absolute Gasteiger partial charge is 0.307 e. The number of aromatic amines is 1. The third-order valence-corrected chi connectivity index (χ3v) is 3.81. The molecule has 4 nitrogen and oxygen atoms in total. The first-order chi connectivity index (χ1) is 9.24. The van der Waals surface area contributed by atoms with Crippen molar-refractivity contribution in [1.82, 2.24) is 15.0 Å². The standard InChI is InChI=1S/C15H17N3O/c1-10-9-16-7-6-12(10)15-17-13(8-14(19)18-15)11-4-2-3-5-11/h6-9,11H,2-5H2,1H3,(H,17,18,19). The van der Waals surface area contributed by atoms with Gasteiger partial charge in [-0.05, 0) is 31.4 Å². The Kier molecular flexibility index (Phi) is 3.15. The highest BCUT2D eigenvalue weighted by Gasteiger charge is 2.19. The maximum Gasteiger partial charge on any atom is 0.251 e. The van der Waals surface area contributed by atoms with Crippen molar-refractivity contribution in [2.75, 3.05) is 0 Å². The Hall–Kier alpha value is -1.97. The summed E-state index contributed by atoms with van der Waals surface area (Å²) in [6, 6.07) is 3.54. The van der Waals surface area contributed by atoms with E-state index in [1.807, 2.05) is 13.0 Å². The van der Waals surface area contributed by atoms with E-state index in [1.54, 1.807) is 18.5 Å². The van der Waals surface area contributed by atoms with Crippen LogP contribution in [0.1, 0.15) is 42.9 Å². The van der Waals surface area contributed by atoms with Gasteiger partial charge in [0.2, 0.25) is 0 Å². The summed E-state index contributed by atoms with van der Waals surface area (Å²) < 4.78 is 0. The Balaban J connectivity index is 2.07. The van der Waals surface area contributed by atoms with Crippen LogP contribution in [0, 0.1) is 6.92 Å². The predicted octanol–water partition coefficient (Wildman–Crippen LogP) is 2.80. The Morgan fingerprint density at radius 2 is 2.11 bits per heavy atom. The van der Waals surface area contributed by atoms with Crippen LogP contribution in [0.25, 0.3) is 11.4 Å². The quantitative estimate of drug-likeness (QED) is 0.897. The molecule has 2 heterocycles. The fourth-order valence-corrected chi connectivity index (χ4v) is 2.77. The number of rotatable bonds is 2. The molecule has 1 fully saturated rings. The lowest BCUT2D eigenvalue weighted by molar-refractivity contribution is 0.693. The molecule has 0 atom stereocenters. The fraction of sp³-hybridized carbons (Fsp3) is 0.400. The highest BCUT2D eigenvalue weighted by molar-refractivity contribution is 5.58. The number of nitrogens with one attached hydrogen (secondary N) is 1. The lowest BCUT2D eigenvalue weighted by Crippen LogP contribution is -2.12. The van der Waals surface area contributed by atoms with Crippen LogP contribution in [0.3, 0.4) is 0 Å². The van der Waals surface area contributed by atoms with Crippen LogP contribution in [0.4, 0.5) is 0 Å². The maximum absolute atomic E-state index is 11.8. The molecule has 2 aromatic heterocycles. The summed E-state index contributed by atoms with van der Waals surface area (Å²) in [7, 11) is 0. The van der Waals surface area contributed by atoms with Crippen molar-refractivity contribution < 1.29 is 0 Å². The van der Waals surface area contributed by atoms with E-state index in [2.05, 4.69) is 15.0 Å². The monoisotopic (exact) mass is 255 g/mol. The smallest absolute Gasteiger partial charge is 0.251 e. The second kappa shape index (κ2) is 4.96. The molecule has 1 aliphatic rings. The average molecular weight is 255 g/mol. The minimum Gasteiger partial charge on any atom is -0.307 e. The first-order valence-corrected chi connectivity index (χ1v) is 6.76. The van der Waals surface area contributed by atoms with Crippen LogP contribution >= 0.6 is 0 Å². The van der Waals surface area contributed by atoms with Gasteiger partial charge in [0.05, 0.1) is 5.69 Å². The Labute approximate surface area is 111 Å². The molecule has 0 amide bonds. The van der Waals surface area contributed by atoms with Crippen LogP contribution in [0.5, 0.6) is 0 Å². The highest BCUT2D eigenvalue weighted by Crippen LogP contribution is 2.33. The molecular formula is C15H17N3O. The summed E-state index contributed by atoms with van der Waals surface area (Å²) in [6.45, 7) is 1.98. The van der Waals surface area contributed by atoms with E-state index in [0.29, 0.717) is 11.7 Å². The number of hydrogen-bond acceptors (Lipinski definition) is 3. The van der Waals surface area contributed by atoms with Gasteiger partial charge in [-0.3, -0.25) is 9.78 Å². The fourth-order valence-electron chi connectivity index (χ4n) is 2.77. The van der Waals surface area contributed by atoms with Gasteiger partial charge in [0.1, 0.15) is 5.82 Å². The number of H-pyrrole nitrogens is 1. The van der Waals surface area contributed by atoms with E-state index < -0.39 is 0 Å². The molecule has 1 N–H and O–H groups in total. The maximum atomic E-state index is 11.8. The van der Waals surface area contributed by atoms with Gasteiger partial charge in [0, 0.05) is 29.9 Å². The molecule has 0 saturated heterocycles. The Bertz CT molecular complexity index is 642. The predicted molar refractivity (Wildman–Crippen MR) is 74.0 cm³/mol. The van der Waals surface area contributed by atoms with Crippen molar-refractivity contribution in [3.05, 3.63) is 46.1 Å². The van der Waals surface area contributed by atoms with Crippen molar-refractivity contribution in [2.45, 2.75) is 38.5 Å². The van der Waals surface area contributed by atoms with Gasteiger partial charge >= 0.3 is 0 Å². The van der Waals surface area contributed by atoms with Crippen LogP contribution in [0.15, 0.2) is 29.3 Å². The summed E-state index contributed by atoms with van der Waals surface area (Å²) in [5.74, 6) is 1.11. The summed E-state index contributed by atoms with van der Waals surface area (Å²) in [5.41, 5.74) is 2.84. The lowest BCUT2D eigenvalue weighted by atomic mass is 10.0. The normalized spacial score (nSPS) is 15.8. The minimum absolute atomic E-state index is 0.0666. The number of aryl methyl sites for hydroxylation is 1. The number of nitrogens with zero attached hydrogens (tertiary/aromatic N) is 2. The molecule has 0 aliphatic heterocycles. The summed E-state index contributed by atoms with van der Waals surface area (Å²) >= 11 is 0. The topological polar surface area (TPSA) is 58.6 Å². The molecule has 19 heavy (non-hydrogen) atoms. The first-order valence-electron chi connectivity index (χ1n) is 6.76. The summed E-state index contributed by atoms with van der Waals surface area (Å²) in [6.07, 6.45) is 8.28. The zero-order chi connectivity index (χ0) is 13.2. The van der Waals surface area contributed by atoms with Gasteiger partial charge in [-0.15, -0.1) is 0 Å². The summed E-state index contributed by atoms with van der Waals surface area (Å²) in [5, 5.41) is 0. The molecule has 1 saturated carbocycles. The zero-order valence-electron chi connectivity index (χ0n) is 11.0. The van der Waals surface area contributed by atoms with Crippen molar-refractivity contribution in [3.8, 4) is 11.4 Å². The molecule has 4 heteroatoms. The molecular weight excluding hydrogens is 238 g/mol. The highest BCUT2D eigenvalue weighted by atomic mass is 16.1. The molecule has 0 radical (unpaired) electrons. The summed E-state index contributed by atoms with van der Waals surface area (Å²) in [4.78, 5) is 23.4. The molecule has 0 bridgehead atoms. The number of pyridine rings is 1. The number of hydrogen-bond donors (Lipinski definition) is 1. The van der Waals surface area contributed by atoms with E-state index in [-0.39, 0.29) is 5.56 Å². The molecule has 2 aromatic rings. The van der Waals surface area contributed by atoms with Crippen molar-refractivity contribution in [3.63, 3.8) is 0 Å². The van der Waals surface area contributed by atoms with E-state index in [1.165, 1.54) is 12.8 Å². The molecule has 0 aromatic carbocycles. The van der Waals surface area contributed by atoms with Gasteiger partial charge in [0.25, 0.3) is 5.56 Å². The van der Waals surface area contributed by atoms with Gasteiger partial charge in [0.15, 0.2) is 0 Å². The van der Waals surface area contributed by atoms with E-state index in [4.69, 9.17) is 0 Å². The van der Waals surface area contributed by atoms with E-state index in [9.17, 15) is 4.79 Å². The third-order valence-electron chi connectivity index (χ3n) is 3.81. The van der Waals surface area contributed by atoms with Crippen LogP contribution in [-0.2, 0) is 0 Å². The van der Waals surface area contributed by atoms with Gasteiger partial charge in [-0.1, -0.05) is 12.8 Å². The molecule has 3 rings (SSSR count).